The number of hydrogen-bond acceptors (Lipinski definition) is 5. The Morgan fingerprint density at radius 3 is 2.74 bits per heavy atom. The van der Waals surface area contributed by atoms with Crippen molar-refractivity contribution in [3.05, 3.63) is 66.0 Å². The monoisotopic (exact) mass is 517 g/mol. The van der Waals surface area contributed by atoms with Gasteiger partial charge < -0.3 is 14.9 Å². The number of carbonyl (C=O) groups is 1. The van der Waals surface area contributed by atoms with E-state index in [0.717, 1.165) is 17.6 Å². The Morgan fingerprint density at radius 2 is 2.00 bits per heavy atom. The topological polar surface area (TPSA) is 56.7 Å². The Morgan fingerprint density at radius 1 is 1.23 bits per heavy atom. The molecule has 3 aromatic carbocycles. The Hall–Kier alpha value is -3.30. The molecule has 2 heterocycles. The fourth-order valence-electron chi connectivity index (χ4n) is 4.56. The second-order valence-electron chi connectivity index (χ2n) is 8.23. The molecule has 1 fully saturated rings. The van der Waals surface area contributed by atoms with Crippen LogP contribution in [0.25, 0.3) is 32.8 Å². The van der Waals surface area contributed by atoms with Crippen LogP contribution in [0.1, 0.15) is 0 Å². The van der Waals surface area contributed by atoms with Gasteiger partial charge in [0, 0.05) is 30.6 Å². The lowest BCUT2D eigenvalue weighted by molar-refractivity contribution is -0.127. The van der Waals surface area contributed by atoms with E-state index in [-0.39, 0.29) is 41.5 Å². The molecule has 0 radical (unpaired) electrons. The van der Waals surface area contributed by atoms with Gasteiger partial charge in [0.15, 0.2) is 5.82 Å². The molecule has 1 atom stereocenters. The first-order chi connectivity index (χ1) is 16.8. The number of aromatic nitrogens is 1. The number of phenols is 1. The Labute approximate surface area is 207 Å². The van der Waals surface area contributed by atoms with Crippen molar-refractivity contribution in [1.29, 1.82) is 0 Å². The van der Waals surface area contributed by atoms with E-state index in [9.17, 15) is 18.7 Å². The molecule has 35 heavy (non-hydrogen) atoms. The third kappa shape index (κ3) is 3.98. The second-order valence-corrected chi connectivity index (χ2v) is 9.39. The van der Waals surface area contributed by atoms with E-state index < -0.39 is 24.2 Å². The van der Waals surface area contributed by atoms with Crippen molar-refractivity contribution in [2.24, 2.45) is 0 Å². The number of alkyl halides is 2. The largest absolute Gasteiger partial charge is 0.508 e. The summed E-state index contributed by atoms with van der Waals surface area (Å²) in [5.74, 6) is -1.15. The van der Waals surface area contributed by atoms with Crippen LogP contribution >= 0.6 is 23.1 Å². The van der Waals surface area contributed by atoms with E-state index in [1.54, 1.807) is 30.3 Å². The van der Waals surface area contributed by atoms with Gasteiger partial charge in [-0.15, -0.1) is 0 Å². The summed E-state index contributed by atoms with van der Waals surface area (Å²) >= 11 is 7.48. The molecule has 0 unspecified atom stereocenters. The van der Waals surface area contributed by atoms with E-state index >= 15 is 4.39 Å². The Kier molecular flexibility index (Phi) is 6.06. The molecule has 0 bridgehead atoms. The summed E-state index contributed by atoms with van der Waals surface area (Å²) in [4.78, 5) is 14.8. The zero-order valence-electron chi connectivity index (χ0n) is 18.2. The molecule has 10 heteroatoms. The van der Waals surface area contributed by atoms with Gasteiger partial charge in [0.25, 0.3) is 6.43 Å². The molecule has 180 valence electrons. The van der Waals surface area contributed by atoms with Crippen LogP contribution in [0.5, 0.6) is 5.75 Å². The minimum absolute atomic E-state index is 0.00874. The molecule has 1 saturated heterocycles. The van der Waals surface area contributed by atoms with Crippen LogP contribution in [-0.4, -0.2) is 52.4 Å². The smallest absolute Gasteiger partial charge is 0.260 e. The Balaban J connectivity index is 1.63. The van der Waals surface area contributed by atoms with Crippen molar-refractivity contribution >= 4 is 55.7 Å². The van der Waals surface area contributed by atoms with Crippen LogP contribution in [0.4, 0.5) is 18.2 Å². The molecule has 1 N–H and O–H groups in total. The molecular weight excluding hydrogens is 499 g/mol. The normalized spacial score (nSPS) is 16.4. The average molecular weight is 518 g/mol. The number of fused-ring (bicyclic) bond motifs is 2. The van der Waals surface area contributed by atoms with Crippen molar-refractivity contribution < 1.29 is 23.1 Å². The number of phenolic OH excluding ortho intramolecular Hbond substituents is 1. The summed E-state index contributed by atoms with van der Waals surface area (Å²) in [6.07, 6.45) is -1.65. The van der Waals surface area contributed by atoms with Crippen LogP contribution in [0.2, 0.25) is 5.02 Å². The SMILES string of the molecule is C=CC(=O)N1CCN(c2snc3c(F)c(-c4cc(O)cc5ccccc45)c(Cl)cc23)[C@@H](C(F)F)C1. The number of rotatable bonds is 4. The van der Waals surface area contributed by atoms with Gasteiger partial charge in [-0.2, -0.15) is 4.37 Å². The maximum absolute atomic E-state index is 15.9. The van der Waals surface area contributed by atoms with E-state index in [1.807, 2.05) is 0 Å². The van der Waals surface area contributed by atoms with Crippen LogP contribution in [0.3, 0.4) is 0 Å². The minimum Gasteiger partial charge on any atom is -0.508 e. The van der Waals surface area contributed by atoms with Gasteiger partial charge in [0.05, 0.1) is 5.02 Å². The molecule has 0 aliphatic carbocycles. The molecule has 1 aliphatic rings. The third-order valence-corrected chi connectivity index (χ3v) is 7.42. The Bertz CT molecular complexity index is 1480. The summed E-state index contributed by atoms with van der Waals surface area (Å²) in [5.41, 5.74) is 0.492. The number of benzene rings is 3. The summed E-state index contributed by atoms with van der Waals surface area (Å²) in [6, 6.07) is 10.5. The second kappa shape index (κ2) is 9.05. The van der Waals surface area contributed by atoms with Gasteiger partial charge in [-0.1, -0.05) is 42.4 Å². The van der Waals surface area contributed by atoms with Crippen molar-refractivity contribution in [2.45, 2.75) is 12.5 Å². The molecule has 1 aromatic heterocycles. The van der Waals surface area contributed by atoms with Crippen LogP contribution in [-0.2, 0) is 4.79 Å². The molecule has 0 spiro atoms. The third-order valence-electron chi connectivity index (χ3n) is 6.22. The van der Waals surface area contributed by atoms with E-state index in [2.05, 4.69) is 11.0 Å². The lowest BCUT2D eigenvalue weighted by Gasteiger charge is -2.41. The highest BCUT2D eigenvalue weighted by Crippen LogP contribution is 2.44. The van der Waals surface area contributed by atoms with Gasteiger partial charge >= 0.3 is 0 Å². The van der Waals surface area contributed by atoms with Crippen LogP contribution < -0.4 is 4.90 Å². The van der Waals surface area contributed by atoms with Gasteiger partial charge in [-0.3, -0.25) is 4.79 Å². The fourth-order valence-corrected chi connectivity index (χ4v) is 5.80. The van der Waals surface area contributed by atoms with E-state index in [1.165, 1.54) is 21.9 Å². The summed E-state index contributed by atoms with van der Waals surface area (Å²) in [5, 5.41) is 12.4. The summed E-state index contributed by atoms with van der Waals surface area (Å²) < 4.78 is 48.1. The molecule has 1 amide bonds. The number of anilines is 1. The van der Waals surface area contributed by atoms with Crippen molar-refractivity contribution in [3.63, 3.8) is 0 Å². The van der Waals surface area contributed by atoms with Crippen molar-refractivity contribution in [1.82, 2.24) is 9.27 Å². The standard InChI is InChI=1S/C25H19ClF3N3O2S/c1-2-20(34)31-7-8-32(19(12-31)24(28)29)25-17-11-18(26)21(22(27)23(17)30-35-25)16-10-14(33)9-13-5-3-4-6-15(13)16/h2-6,9-11,19,24,33H,1,7-8,12H2/t19-/m1/s1. The van der Waals surface area contributed by atoms with Crippen molar-refractivity contribution in [2.75, 3.05) is 24.5 Å². The lowest BCUT2D eigenvalue weighted by atomic mass is 9.96. The van der Waals surface area contributed by atoms with Gasteiger partial charge in [-0.25, -0.2) is 13.2 Å². The minimum atomic E-state index is -2.74. The molecule has 1 aliphatic heterocycles. The van der Waals surface area contributed by atoms with Crippen LogP contribution in [0, 0.1) is 5.82 Å². The highest BCUT2D eigenvalue weighted by molar-refractivity contribution is 7.11. The molecular formula is C25H19ClF3N3O2S. The maximum atomic E-state index is 15.9. The first-order valence-electron chi connectivity index (χ1n) is 10.8. The molecule has 4 aromatic rings. The van der Waals surface area contributed by atoms with Crippen molar-refractivity contribution in [3.8, 4) is 16.9 Å². The molecule has 5 rings (SSSR count). The number of carbonyl (C=O) groups excluding carboxylic acids is 1. The predicted molar refractivity (Wildman–Crippen MR) is 133 cm³/mol. The first kappa shape index (κ1) is 23.4. The number of aromatic hydroxyl groups is 1. The van der Waals surface area contributed by atoms with Gasteiger partial charge in [-0.05, 0) is 52.1 Å². The number of halogens is 4. The molecule has 5 nitrogen and oxygen atoms in total. The zero-order chi connectivity index (χ0) is 24.9. The highest BCUT2D eigenvalue weighted by atomic mass is 35.5. The fraction of sp³-hybridized carbons (Fsp3) is 0.200. The van der Waals surface area contributed by atoms with Crippen LogP contribution in [0.15, 0.2) is 55.1 Å². The summed E-state index contributed by atoms with van der Waals surface area (Å²) in [6.45, 7) is 3.58. The van der Waals surface area contributed by atoms with E-state index in [0.29, 0.717) is 26.7 Å². The molecule has 0 saturated carbocycles. The quantitative estimate of drug-likeness (QED) is 0.333. The zero-order valence-corrected chi connectivity index (χ0v) is 19.8. The number of piperazine rings is 1. The first-order valence-corrected chi connectivity index (χ1v) is 11.9. The van der Waals surface area contributed by atoms with Gasteiger partial charge in [0.2, 0.25) is 5.91 Å². The predicted octanol–water partition coefficient (Wildman–Crippen LogP) is 6.08. The number of nitrogens with zero attached hydrogens (tertiary/aromatic N) is 3. The average Bonchev–Trinajstić information content (AvgIpc) is 3.26. The number of amides is 1. The maximum Gasteiger partial charge on any atom is 0.260 e. The highest BCUT2D eigenvalue weighted by Gasteiger charge is 2.37. The lowest BCUT2D eigenvalue weighted by Crippen LogP contribution is -2.57. The summed E-state index contributed by atoms with van der Waals surface area (Å²) in [7, 11) is 0. The van der Waals surface area contributed by atoms with E-state index in [4.69, 9.17) is 11.6 Å². The van der Waals surface area contributed by atoms with Gasteiger partial charge in [0.1, 0.15) is 22.3 Å². The number of hydrogen-bond donors (Lipinski definition) is 1.